The first-order valence-electron chi connectivity index (χ1n) is 10.3. The minimum Gasteiger partial charge on any atom is -0.496 e. The average Bonchev–Trinajstić information content (AvgIpc) is 2.78. The Kier molecular flexibility index (Phi) is 6.48. The summed E-state index contributed by atoms with van der Waals surface area (Å²) in [6.45, 7) is 5.84. The van der Waals surface area contributed by atoms with Crippen LogP contribution in [0, 0.1) is 0 Å². The molecule has 8 heteroatoms. The van der Waals surface area contributed by atoms with Crippen LogP contribution in [0.4, 0.5) is 11.4 Å². The predicted octanol–water partition coefficient (Wildman–Crippen LogP) is 3.07. The molecule has 164 valence electrons. The van der Waals surface area contributed by atoms with Crippen LogP contribution in [0.25, 0.3) is 0 Å². The van der Waals surface area contributed by atoms with Gasteiger partial charge >= 0.3 is 5.97 Å². The van der Waals surface area contributed by atoms with Gasteiger partial charge in [0.1, 0.15) is 11.3 Å². The molecule has 2 aliphatic rings. The molecular formula is C23H26BrN3O4. The zero-order valence-corrected chi connectivity index (χ0v) is 19.3. The normalized spacial score (nSPS) is 17.3. The molecule has 0 spiro atoms. The molecule has 0 radical (unpaired) electrons. The summed E-state index contributed by atoms with van der Waals surface area (Å²) in [6.07, 6.45) is 0.677. The Bertz CT molecular complexity index is 952. The third-order valence-corrected chi connectivity index (χ3v) is 6.63. The van der Waals surface area contributed by atoms with Gasteiger partial charge in [-0.15, -0.1) is 0 Å². The minimum atomic E-state index is -0.573. The molecule has 31 heavy (non-hydrogen) atoms. The molecule has 0 bridgehead atoms. The lowest BCUT2D eigenvalue weighted by molar-refractivity contribution is 0.0594. The van der Waals surface area contributed by atoms with Gasteiger partial charge < -0.3 is 19.3 Å². The summed E-state index contributed by atoms with van der Waals surface area (Å²) in [5.41, 5.74) is 2.60. The summed E-state index contributed by atoms with van der Waals surface area (Å²) >= 11 is 3.49. The van der Waals surface area contributed by atoms with Gasteiger partial charge in [-0.3, -0.25) is 9.69 Å². The SMILES string of the molecule is COC(=O)c1c(C=O)cc(N2CC(N3CCN(c4ccc(Br)cc4)CC3)C2)cc1OC. The molecular weight excluding hydrogens is 462 g/mol. The lowest BCUT2D eigenvalue weighted by Crippen LogP contribution is -2.63. The molecule has 2 aliphatic heterocycles. The number of carbonyl (C=O) groups excluding carboxylic acids is 2. The second-order valence-electron chi connectivity index (χ2n) is 7.78. The first kappa shape index (κ1) is 21.6. The van der Waals surface area contributed by atoms with Gasteiger partial charge in [0.2, 0.25) is 0 Å². The lowest BCUT2D eigenvalue weighted by atomic mass is 10.0. The molecule has 0 atom stereocenters. The molecule has 2 heterocycles. The third kappa shape index (κ3) is 4.41. The molecule has 0 N–H and O–H groups in total. The standard InChI is InChI=1S/C23H26BrN3O4/c1-30-21-12-19(11-16(15-28)22(21)23(29)31-2)27-13-20(14-27)26-9-7-25(8-10-26)18-5-3-17(24)4-6-18/h3-6,11-12,15,20H,7-10,13-14H2,1-2H3. The van der Waals surface area contributed by atoms with Gasteiger partial charge in [0.15, 0.2) is 6.29 Å². The number of piperazine rings is 1. The van der Waals surface area contributed by atoms with Crippen LogP contribution in [0.5, 0.6) is 5.75 Å². The fourth-order valence-corrected chi connectivity index (χ4v) is 4.54. The van der Waals surface area contributed by atoms with Crippen LogP contribution >= 0.6 is 15.9 Å². The Balaban J connectivity index is 1.38. The molecule has 0 saturated carbocycles. The van der Waals surface area contributed by atoms with Crippen LogP contribution in [0.1, 0.15) is 20.7 Å². The van der Waals surface area contributed by atoms with Crippen molar-refractivity contribution in [2.75, 3.05) is 63.3 Å². The highest BCUT2D eigenvalue weighted by atomic mass is 79.9. The number of ether oxygens (including phenoxy) is 2. The van der Waals surface area contributed by atoms with Gasteiger partial charge in [-0.05, 0) is 30.3 Å². The van der Waals surface area contributed by atoms with Crippen molar-refractivity contribution in [2.24, 2.45) is 0 Å². The summed E-state index contributed by atoms with van der Waals surface area (Å²) in [6, 6.07) is 12.5. The molecule has 4 rings (SSSR count). The number of benzene rings is 2. The van der Waals surface area contributed by atoms with Crippen LogP contribution in [-0.2, 0) is 4.74 Å². The van der Waals surface area contributed by atoms with E-state index >= 15 is 0 Å². The van der Waals surface area contributed by atoms with E-state index in [0.29, 0.717) is 18.1 Å². The fraction of sp³-hybridized carbons (Fsp3) is 0.391. The number of hydrogen-bond donors (Lipinski definition) is 0. The Morgan fingerprint density at radius 3 is 2.26 bits per heavy atom. The highest BCUT2D eigenvalue weighted by Crippen LogP contribution is 2.33. The van der Waals surface area contributed by atoms with E-state index in [1.807, 2.05) is 0 Å². The van der Waals surface area contributed by atoms with Crippen molar-refractivity contribution in [3.05, 3.63) is 52.0 Å². The van der Waals surface area contributed by atoms with Crippen LogP contribution in [0.2, 0.25) is 0 Å². The molecule has 7 nitrogen and oxygen atoms in total. The van der Waals surface area contributed by atoms with Crippen LogP contribution < -0.4 is 14.5 Å². The molecule has 2 saturated heterocycles. The van der Waals surface area contributed by atoms with Crippen molar-refractivity contribution in [3.63, 3.8) is 0 Å². The highest BCUT2D eigenvalue weighted by molar-refractivity contribution is 9.10. The first-order valence-corrected chi connectivity index (χ1v) is 11.1. The maximum Gasteiger partial charge on any atom is 0.342 e. The second kappa shape index (κ2) is 9.28. The quantitative estimate of drug-likeness (QED) is 0.458. The topological polar surface area (TPSA) is 62.3 Å². The van der Waals surface area contributed by atoms with Crippen LogP contribution in [0.3, 0.4) is 0 Å². The van der Waals surface area contributed by atoms with Crippen LogP contribution in [0.15, 0.2) is 40.9 Å². The van der Waals surface area contributed by atoms with Gasteiger partial charge in [-0.25, -0.2) is 4.79 Å². The van der Waals surface area contributed by atoms with Crippen molar-refractivity contribution in [1.29, 1.82) is 0 Å². The first-order chi connectivity index (χ1) is 15.0. The van der Waals surface area contributed by atoms with E-state index in [4.69, 9.17) is 9.47 Å². The van der Waals surface area contributed by atoms with Gasteiger partial charge in [0, 0.05) is 72.8 Å². The smallest absolute Gasteiger partial charge is 0.342 e. The van der Waals surface area contributed by atoms with Gasteiger partial charge in [-0.2, -0.15) is 0 Å². The van der Waals surface area contributed by atoms with Gasteiger partial charge in [0.25, 0.3) is 0 Å². The monoisotopic (exact) mass is 487 g/mol. The van der Waals surface area contributed by atoms with E-state index in [9.17, 15) is 9.59 Å². The van der Waals surface area contributed by atoms with Gasteiger partial charge in [0.05, 0.1) is 14.2 Å². The zero-order valence-electron chi connectivity index (χ0n) is 17.7. The predicted molar refractivity (Wildman–Crippen MR) is 124 cm³/mol. The molecule has 0 aliphatic carbocycles. The van der Waals surface area contributed by atoms with E-state index in [2.05, 4.69) is 54.9 Å². The van der Waals surface area contributed by atoms with Crippen molar-refractivity contribution in [1.82, 2.24) is 4.90 Å². The van der Waals surface area contributed by atoms with Gasteiger partial charge in [-0.1, -0.05) is 15.9 Å². The highest BCUT2D eigenvalue weighted by Gasteiger charge is 2.34. The van der Waals surface area contributed by atoms with E-state index < -0.39 is 5.97 Å². The maximum absolute atomic E-state index is 12.1. The molecule has 2 fully saturated rings. The number of halogens is 1. The average molecular weight is 488 g/mol. The number of methoxy groups -OCH3 is 2. The fourth-order valence-electron chi connectivity index (χ4n) is 4.27. The summed E-state index contributed by atoms with van der Waals surface area (Å²) in [7, 11) is 2.78. The summed E-state index contributed by atoms with van der Waals surface area (Å²) in [4.78, 5) is 30.8. The molecule has 0 unspecified atom stereocenters. The minimum absolute atomic E-state index is 0.171. The molecule has 2 aromatic carbocycles. The summed E-state index contributed by atoms with van der Waals surface area (Å²) in [5, 5.41) is 0. The molecule has 2 aromatic rings. The molecule has 0 amide bonds. The van der Waals surface area contributed by atoms with E-state index in [1.54, 1.807) is 12.1 Å². The van der Waals surface area contributed by atoms with Crippen LogP contribution in [-0.4, -0.2) is 76.7 Å². The zero-order chi connectivity index (χ0) is 22.0. The number of rotatable bonds is 6. The van der Waals surface area contributed by atoms with E-state index in [0.717, 1.165) is 49.4 Å². The summed E-state index contributed by atoms with van der Waals surface area (Å²) in [5.74, 6) is -0.214. The number of esters is 1. The van der Waals surface area contributed by atoms with Crippen molar-refractivity contribution < 1.29 is 19.1 Å². The van der Waals surface area contributed by atoms with E-state index in [1.165, 1.54) is 19.9 Å². The Morgan fingerprint density at radius 1 is 1.00 bits per heavy atom. The second-order valence-corrected chi connectivity index (χ2v) is 8.70. The van der Waals surface area contributed by atoms with Crippen molar-refractivity contribution in [2.45, 2.75) is 6.04 Å². The number of anilines is 2. The van der Waals surface area contributed by atoms with Crippen molar-refractivity contribution >= 4 is 39.6 Å². The number of aldehydes is 1. The summed E-state index contributed by atoms with van der Waals surface area (Å²) < 4.78 is 11.3. The lowest BCUT2D eigenvalue weighted by Gasteiger charge is -2.49. The number of nitrogens with zero attached hydrogens (tertiary/aromatic N) is 3. The number of carbonyl (C=O) groups is 2. The van der Waals surface area contributed by atoms with E-state index in [-0.39, 0.29) is 11.1 Å². The Hall–Kier alpha value is -2.58. The number of hydrogen-bond acceptors (Lipinski definition) is 7. The largest absolute Gasteiger partial charge is 0.496 e. The Morgan fingerprint density at radius 2 is 1.68 bits per heavy atom. The van der Waals surface area contributed by atoms with Crippen molar-refractivity contribution in [3.8, 4) is 5.75 Å². The Labute approximate surface area is 190 Å². The third-order valence-electron chi connectivity index (χ3n) is 6.10. The molecule has 0 aromatic heterocycles. The maximum atomic E-state index is 12.1.